The van der Waals surface area contributed by atoms with Gasteiger partial charge in [-0.2, -0.15) is 0 Å². The first-order valence-electron chi connectivity index (χ1n) is 7.34. The van der Waals surface area contributed by atoms with Gasteiger partial charge >= 0.3 is 6.09 Å². The fourth-order valence-electron chi connectivity index (χ4n) is 2.35. The van der Waals surface area contributed by atoms with Crippen LogP contribution >= 0.6 is 23.2 Å². The van der Waals surface area contributed by atoms with Gasteiger partial charge in [0.05, 0.1) is 0 Å². The molecular formula is C16H22Cl2N2O2. The molecule has 0 bridgehead atoms. The molecule has 1 aromatic carbocycles. The number of nitrogens with zero attached hydrogens (tertiary/aromatic N) is 1. The van der Waals surface area contributed by atoms with E-state index in [4.69, 9.17) is 27.9 Å². The van der Waals surface area contributed by atoms with Gasteiger partial charge in [0.15, 0.2) is 0 Å². The number of rotatable bonds is 3. The molecule has 1 aliphatic rings. The highest BCUT2D eigenvalue weighted by molar-refractivity contribution is 6.33. The van der Waals surface area contributed by atoms with Crippen LogP contribution in [0, 0.1) is 0 Å². The maximum atomic E-state index is 11.9. The fourth-order valence-corrected chi connectivity index (χ4v) is 2.81. The van der Waals surface area contributed by atoms with Crippen LogP contribution in [0.3, 0.4) is 0 Å². The van der Waals surface area contributed by atoms with Crippen LogP contribution in [0.25, 0.3) is 0 Å². The average Bonchev–Trinajstić information content (AvgIpc) is 2.33. The van der Waals surface area contributed by atoms with Gasteiger partial charge in [-0.15, -0.1) is 0 Å². The van der Waals surface area contributed by atoms with E-state index in [1.54, 1.807) is 17.0 Å². The zero-order chi connectivity index (χ0) is 16.5. The number of ether oxygens (including phenoxy) is 1. The number of nitrogens with one attached hydrogen (secondary N) is 1. The van der Waals surface area contributed by atoms with Gasteiger partial charge in [-0.05, 0) is 51.5 Å². The fraction of sp³-hybridized carbons (Fsp3) is 0.562. The molecule has 0 radical (unpaired) electrons. The third kappa shape index (κ3) is 4.51. The van der Waals surface area contributed by atoms with E-state index >= 15 is 0 Å². The lowest BCUT2D eigenvalue weighted by atomic mass is 10.0. The summed E-state index contributed by atoms with van der Waals surface area (Å²) in [6, 6.07) is 5.74. The summed E-state index contributed by atoms with van der Waals surface area (Å²) in [5, 5.41) is 4.81. The summed E-state index contributed by atoms with van der Waals surface area (Å²) < 4.78 is 5.34. The second-order valence-corrected chi connectivity index (χ2v) is 7.48. The Labute approximate surface area is 141 Å². The minimum Gasteiger partial charge on any atom is -0.444 e. The van der Waals surface area contributed by atoms with Crippen LogP contribution in [-0.4, -0.2) is 35.7 Å². The molecule has 1 unspecified atom stereocenters. The molecule has 1 fully saturated rings. The molecule has 1 N–H and O–H groups in total. The van der Waals surface area contributed by atoms with Crippen molar-refractivity contribution in [2.24, 2.45) is 0 Å². The van der Waals surface area contributed by atoms with Crippen LogP contribution in [-0.2, 0) is 4.74 Å². The van der Waals surface area contributed by atoms with Crippen LogP contribution in [0.1, 0.15) is 39.3 Å². The SMILES string of the molecule is CC(NC1CN(C(=O)OC(C)(C)C)C1)c1cc(Cl)ccc1Cl. The summed E-state index contributed by atoms with van der Waals surface area (Å²) in [5.41, 5.74) is 0.502. The molecule has 1 aromatic rings. The molecule has 1 aliphatic heterocycles. The summed E-state index contributed by atoms with van der Waals surface area (Å²) in [4.78, 5) is 13.6. The second-order valence-electron chi connectivity index (χ2n) is 6.64. The molecule has 1 amide bonds. The summed E-state index contributed by atoms with van der Waals surface area (Å²) >= 11 is 12.2. The van der Waals surface area contributed by atoms with Crippen LogP contribution in [0.15, 0.2) is 18.2 Å². The van der Waals surface area contributed by atoms with E-state index in [-0.39, 0.29) is 18.2 Å². The summed E-state index contributed by atoms with van der Waals surface area (Å²) in [6.07, 6.45) is -0.265. The number of carbonyl (C=O) groups is 1. The number of carbonyl (C=O) groups excluding carboxylic acids is 1. The molecule has 4 nitrogen and oxygen atoms in total. The summed E-state index contributed by atoms with van der Waals surface area (Å²) in [7, 11) is 0. The molecule has 0 saturated carbocycles. The first kappa shape index (κ1) is 17.4. The van der Waals surface area contributed by atoms with E-state index in [2.05, 4.69) is 5.32 Å². The van der Waals surface area contributed by atoms with Gasteiger partial charge in [-0.3, -0.25) is 0 Å². The van der Waals surface area contributed by atoms with Gasteiger partial charge in [-0.25, -0.2) is 4.79 Å². The molecule has 0 spiro atoms. The number of hydrogen-bond acceptors (Lipinski definition) is 3. The maximum Gasteiger partial charge on any atom is 0.410 e. The van der Waals surface area contributed by atoms with E-state index in [1.165, 1.54) is 0 Å². The minimum atomic E-state index is -0.461. The average molecular weight is 345 g/mol. The number of amides is 1. The Morgan fingerprint density at radius 1 is 1.36 bits per heavy atom. The van der Waals surface area contributed by atoms with E-state index in [1.807, 2.05) is 33.8 Å². The molecule has 2 rings (SSSR count). The van der Waals surface area contributed by atoms with E-state index in [9.17, 15) is 4.79 Å². The van der Waals surface area contributed by atoms with Crippen molar-refractivity contribution in [1.82, 2.24) is 10.2 Å². The zero-order valence-electron chi connectivity index (χ0n) is 13.3. The lowest BCUT2D eigenvalue weighted by Crippen LogP contribution is -2.60. The number of benzene rings is 1. The Morgan fingerprint density at radius 2 is 2.00 bits per heavy atom. The number of halogens is 2. The summed E-state index contributed by atoms with van der Waals surface area (Å²) in [6.45, 7) is 8.90. The van der Waals surface area contributed by atoms with Crippen molar-refractivity contribution in [3.63, 3.8) is 0 Å². The van der Waals surface area contributed by atoms with Crippen molar-refractivity contribution in [2.75, 3.05) is 13.1 Å². The van der Waals surface area contributed by atoms with Crippen molar-refractivity contribution >= 4 is 29.3 Å². The van der Waals surface area contributed by atoms with Gasteiger partial charge in [0.25, 0.3) is 0 Å². The largest absolute Gasteiger partial charge is 0.444 e. The Hall–Kier alpha value is -0.970. The van der Waals surface area contributed by atoms with Crippen molar-refractivity contribution in [2.45, 2.75) is 45.4 Å². The Morgan fingerprint density at radius 3 is 2.59 bits per heavy atom. The molecule has 122 valence electrons. The Balaban J connectivity index is 1.85. The van der Waals surface area contributed by atoms with E-state index < -0.39 is 5.60 Å². The van der Waals surface area contributed by atoms with Crippen molar-refractivity contribution in [3.8, 4) is 0 Å². The van der Waals surface area contributed by atoms with Crippen molar-refractivity contribution < 1.29 is 9.53 Å². The quantitative estimate of drug-likeness (QED) is 0.890. The molecule has 22 heavy (non-hydrogen) atoms. The first-order valence-corrected chi connectivity index (χ1v) is 8.10. The molecule has 0 aromatic heterocycles. The predicted molar refractivity (Wildman–Crippen MR) is 89.6 cm³/mol. The lowest BCUT2D eigenvalue weighted by Gasteiger charge is -2.41. The standard InChI is InChI=1S/C16H22Cl2N2O2/c1-10(13-7-11(17)5-6-14(13)18)19-12-8-20(9-12)15(21)22-16(2,3)4/h5-7,10,12,19H,8-9H2,1-4H3. The normalized spacial score (nSPS) is 17.1. The highest BCUT2D eigenvalue weighted by atomic mass is 35.5. The van der Waals surface area contributed by atoms with Gasteiger partial charge in [0.2, 0.25) is 0 Å². The summed E-state index contributed by atoms with van der Waals surface area (Å²) in [5.74, 6) is 0. The number of likely N-dealkylation sites (tertiary alicyclic amines) is 1. The highest BCUT2D eigenvalue weighted by Crippen LogP contribution is 2.27. The van der Waals surface area contributed by atoms with Gasteiger partial charge < -0.3 is 15.0 Å². The predicted octanol–water partition coefficient (Wildman–Crippen LogP) is 4.26. The highest BCUT2D eigenvalue weighted by Gasteiger charge is 2.34. The van der Waals surface area contributed by atoms with Gasteiger partial charge in [0, 0.05) is 35.2 Å². The zero-order valence-corrected chi connectivity index (χ0v) is 14.8. The van der Waals surface area contributed by atoms with Crippen molar-refractivity contribution in [3.05, 3.63) is 33.8 Å². The third-order valence-electron chi connectivity index (χ3n) is 3.44. The van der Waals surface area contributed by atoms with E-state index in [0.717, 1.165) is 5.56 Å². The number of hydrogen-bond donors (Lipinski definition) is 1. The smallest absolute Gasteiger partial charge is 0.410 e. The first-order chi connectivity index (χ1) is 10.2. The third-order valence-corrected chi connectivity index (χ3v) is 4.02. The van der Waals surface area contributed by atoms with Crippen molar-refractivity contribution in [1.29, 1.82) is 0 Å². The molecule has 1 heterocycles. The van der Waals surface area contributed by atoms with Crippen LogP contribution in [0.5, 0.6) is 0 Å². The van der Waals surface area contributed by atoms with E-state index in [0.29, 0.717) is 23.1 Å². The van der Waals surface area contributed by atoms with Crippen LogP contribution < -0.4 is 5.32 Å². The van der Waals surface area contributed by atoms with Gasteiger partial charge in [-0.1, -0.05) is 23.2 Å². The Bertz CT molecular complexity index is 552. The molecule has 1 atom stereocenters. The maximum absolute atomic E-state index is 11.9. The van der Waals surface area contributed by atoms with Crippen LogP contribution in [0.2, 0.25) is 10.0 Å². The lowest BCUT2D eigenvalue weighted by molar-refractivity contribution is 0.00434. The molecule has 0 aliphatic carbocycles. The van der Waals surface area contributed by atoms with Crippen LogP contribution in [0.4, 0.5) is 4.79 Å². The Kier molecular flexibility index (Phi) is 5.25. The monoisotopic (exact) mass is 344 g/mol. The van der Waals surface area contributed by atoms with Gasteiger partial charge in [0.1, 0.15) is 5.60 Å². The molecule has 6 heteroatoms. The topological polar surface area (TPSA) is 41.6 Å². The minimum absolute atomic E-state index is 0.0667. The molecular weight excluding hydrogens is 323 g/mol. The second kappa shape index (κ2) is 6.65. The molecule has 1 saturated heterocycles.